The third-order valence-electron chi connectivity index (χ3n) is 5.88. The Morgan fingerprint density at radius 1 is 1.00 bits per heavy atom. The summed E-state index contributed by atoms with van der Waals surface area (Å²) in [6.07, 6.45) is 4.17. The molecule has 0 aliphatic carbocycles. The van der Waals surface area contributed by atoms with Crippen molar-refractivity contribution in [2.45, 2.75) is 12.5 Å². The number of hydrogen-bond donors (Lipinski definition) is 0. The number of fused-ring (bicyclic) bond motifs is 4. The predicted molar refractivity (Wildman–Crippen MR) is 120 cm³/mol. The zero-order valence-corrected chi connectivity index (χ0v) is 17.5. The van der Waals surface area contributed by atoms with Gasteiger partial charge in [-0.05, 0) is 56.2 Å². The van der Waals surface area contributed by atoms with Crippen molar-refractivity contribution in [2.75, 3.05) is 27.2 Å². The van der Waals surface area contributed by atoms with Gasteiger partial charge in [0.05, 0.1) is 17.0 Å². The van der Waals surface area contributed by atoms with Crippen LogP contribution in [0.1, 0.15) is 34.1 Å². The van der Waals surface area contributed by atoms with Crippen molar-refractivity contribution in [1.29, 1.82) is 0 Å². The van der Waals surface area contributed by atoms with Gasteiger partial charge in [-0.1, -0.05) is 30.3 Å². The molecule has 1 aliphatic heterocycles. The fraction of sp³-hybridized carbons (Fsp3) is 0.240. The molecule has 2 aromatic carbocycles. The van der Waals surface area contributed by atoms with Crippen molar-refractivity contribution >= 4 is 27.6 Å². The second-order valence-electron chi connectivity index (χ2n) is 8.18. The van der Waals surface area contributed by atoms with E-state index >= 15 is 0 Å². The minimum Gasteiger partial charge on any atom is -0.450 e. The molecule has 4 aromatic rings. The van der Waals surface area contributed by atoms with Crippen molar-refractivity contribution in [3.05, 3.63) is 88.0 Å². The largest absolute Gasteiger partial charge is 0.450 e. The Morgan fingerprint density at radius 2 is 1.77 bits per heavy atom. The summed E-state index contributed by atoms with van der Waals surface area (Å²) in [5.41, 5.74) is 1.61. The minimum absolute atomic E-state index is 0.146. The second-order valence-corrected chi connectivity index (χ2v) is 8.18. The molecule has 1 amide bonds. The molecule has 156 valence electrons. The molecule has 1 aliphatic rings. The molecule has 0 saturated heterocycles. The van der Waals surface area contributed by atoms with E-state index in [9.17, 15) is 9.59 Å². The first-order valence-electron chi connectivity index (χ1n) is 10.4. The van der Waals surface area contributed by atoms with Gasteiger partial charge in [0.1, 0.15) is 5.58 Å². The Morgan fingerprint density at radius 3 is 2.55 bits per heavy atom. The molecule has 2 aromatic heterocycles. The molecule has 0 bridgehead atoms. The molecule has 0 spiro atoms. The lowest BCUT2D eigenvalue weighted by atomic mass is 9.98. The molecule has 5 rings (SSSR count). The third kappa shape index (κ3) is 3.20. The fourth-order valence-corrected chi connectivity index (χ4v) is 4.43. The van der Waals surface area contributed by atoms with E-state index in [1.807, 2.05) is 56.6 Å². The van der Waals surface area contributed by atoms with Crippen LogP contribution in [0.5, 0.6) is 0 Å². The number of pyridine rings is 1. The molecule has 31 heavy (non-hydrogen) atoms. The van der Waals surface area contributed by atoms with Crippen molar-refractivity contribution < 1.29 is 9.21 Å². The number of aromatic nitrogens is 1. The maximum Gasteiger partial charge on any atom is 0.290 e. The summed E-state index contributed by atoms with van der Waals surface area (Å²) in [4.78, 5) is 35.0. The van der Waals surface area contributed by atoms with Crippen LogP contribution < -0.4 is 5.43 Å². The van der Waals surface area contributed by atoms with Gasteiger partial charge in [0.2, 0.25) is 5.76 Å². The Bertz CT molecular complexity index is 1340. The van der Waals surface area contributed by atoms with E-state index in [1.165, 1.54) is 0 Å². The van der Waals surface area contributed by atoms with Gasteiger partial charge >= 0.3 is 0 Å². The SMILES string of the molecule is CN(C)CCCN1C(=O)c2oc3c(ccc4ccccc43)c(=O)c2[C@@H]1c1ccncc1. The normalized spacial score (nSPS) is 15.9. The van der Waals surface area contributed by atoms with Crippen LogP contribution in [0.3, 0.4) is 0 Å². The number of rotatable bonds is 5. The lowest BCUT2D eigenvalue weighted by molar-refractivity contribution is 0.0722. The smallest absolute Gasteiger partial charge is 0.290 e. The van der Waals surface area contributed by atoms with E-state index in [-0.39, 0.29) is 17.1 Å². The summed E-state index contributed by atoms with van der Waals surface area (Å²) in [5, 5.41) is 2.30. The Balaban J connectivity index is 1.72. The van der Waals surface area contributed by atoms with Gasteiger partial charge in [-0.25, -0.2) is 0 Å². The number of nitrogens with zero attached hydrogens (tertiary/aromatic N) is 3. The first kappa shape index (κ1) is 19.5. The molecule has 0 saturated carbocycles. The molecular weight excluding hydrogens is 390 g/mol. The highest BCUT2D eigenvalue weighted by Gasteiger charge is 2.42. The first-order chi connectivity index (χ1) is 15.1. The van der Waals surface area contributed by atoms with Gasteiger partial charge < -0.3 is 14.2 Å². The van der Waals surface area contributed by atoms with Crippen LogP contribution in [-0.2, 0) is 0 Å². The van der Waals surface area contributed by atoms with Crippen molar-refractivity contribution in [2.24, 2.45) is 0 Å². The summed E-state index contributed by atoms with van der Waals surface area (Å²) >= 11 is 0. The molecule has 6 heteroatoms. The van der Waals surface area contributed by atoms with E-state index in [4.69, 9.17) is 4.42 Å². The van der Waals surface area contributed by atoms with Crippen molar-refractivity contribution in [3.63, 3.8) is 0 Å². The summed E-state index contributed by atoms with van der Waals surface area (Å²) < 4.78 is 6.20. The quantitative estimate of drug-likeness (QED) is 0.465. The van der Waals surface area contributed by atoms with Crippen LogP contribution >= 0.6 is 0 Å². The first-order valence-corrected chi connectivity index (χ1v) is 10.4. The monoisotopic (exact) mass is 413 g/mol. The fourth-order valence-electron chi connectivity index (χ4n) is 4.43. The van der Waals surface area contributed by atoms with Gasteiger partial charge in [-0.3, -0.25) is 14.6 Å². The average Bonchev–Trinajstić information content (AvgIpc) is 3.06. The van der Waals surface area contributed by atoms with Gasteiger partial charge in [0.25, 0.3) is 5.91 Å². The van der Waals surface area contributed by atoms with E-state index in [2.05, 4.69) is 9.88 Å². The van der Waals surface area contributed by atoms with Crippen LogP contribution in [0.15, 0.2) is 70.1 Å². The molecule has 0 N–H and O–H groups in total. The van der Waals surface area contributed by atoms with Crippen LogP contribution in [-0.4, -0.2) is 47.9 Å². The highest BCUT2D eigenvalue weighted by molar-refractivity contribution is 6.06. The predicted octanol–water partition coefficient (Wildman–Crippen LogP) is 3.84. The topological polar surface area (TPSA) is 66.7 Å². The molecule has 1 atom stereocenters. The zero-order chi connectivity index (χ0) is 21.5. The maximum atomic E-state index is 13.7. The standard InChI is InChI=1S/C25H23N3O3/c1-27(2)14-5-15-28-21(17-10-12-26-13-11-17)20-22(29)19-9-8-16-6-3-4-7-18(16)23(19)31-24(20)25(28)30/h3-4,6-13,21H,5,14-15H2,1-2H3/t21-/m0/s1. The van der Waals surface area contributed by atoms with Gasteiger partial charge in [0.15, 0.2) is 5.43 Å². The van der Waals surface area contributed by atoms with E-state index in [1.54, 1.807) is 23.4 Å². The lowest BCUT2D eigenvalue weighted by Crippen LogP contribution is -2.32. The average molecular weight is 413 g/mol. The van der Waals surface area contributed by atoms with Crippen molar-refractivity contribution in [3.8, 4) is 0 Å². The van der Waals surface area contributed by atoms with E-state index in [0.29, 0.717) is 23.1 Å². The van der Waals surface area contributed by atoms with Crippen LogP contribution in [0.25, 0.3) is 21.7 Å². The third-order valence-corrected chi connectivity index (χ3v) is 5.88. The summed E-state index contributed by atoms with van der Waals surface area (Å²) in [7, 11) is 4.01. The zero-order valence-electron chi connectivity index (χ0n) is 17.5. The Hall–Kier alpha value is -3.51. The molecule has 0 unspecified atom stereocenters. The number of carbonyl (C=O) groups is 1. The highest BCUT2D eigenvalue weighted by atomic mass is 16.3. The highest BCUT2D eigenvalue weighted by Crippen LogP contribution is 2.39. The maximum absolute atomic E-state index is 13.7. The molecular formula is C25H23N3O3. The van der Waals surface area contributed by atoms with E-state index in [0.717, 1.165) is 29.3 Å². The van der Waals surface area contributed by atoms with E-state index < -0.39 is 6.04 Å². The van der Waals surface area contributed by atoms with Gasteiger partial charge in [-0.15, -0.1) is 0 Å². The summed E-state index contributed by atoms with van der Waals surface area (Å²) in [6.45, 7) is 1.38. The number of benzene rings is 2. The van der Waals surface area contributed by atoms with Crippen LogP contribution in [0, 0.1) is 0 Å². The lowest BCUT2D eigenvalue weighted by Gasteiger charge is -2.25. The van der Waals surface area contributed by atoms with Crippen LogP contribution in [0.2, 0.25) is 0 Å². The molecule has 3 heterocycles. The second kappa shape index (κ2) is 7.63. The number of amides is 1. The Labute approximate surface area is 179 Å². The molecule has 6 nitrogen and oxygen atoms in total. The van der Waals surface area contributed by atoms with Gasteiger partial charge in [0, 0.05) is 24.3 Å². The van der Waals surface area contributed by atoms with Crippen molar-refractivity contribution in [1.82, 2.24) is 14.8 Å². The number of carbonyl (C=O) groups excluding carboxylic acids is 1. The summed E-state index contributed by atoms with van der Waals surface area (Å²) in [6, 6.07) is 14.7. The Kier molecular flexibility index (Phi) is 4.79. The minimum atomic E-state index is -0.472. The molecule has 0 fully saturated rings. The molecule has 0 radical (unpaired) electrons. The van der Waals surface area contributed by atoms with Gasteiger partial charge in [-0.2, -0.15) is 0 Å². The van der Waals surface area contributed by atoms with Crippen LogP contribution in [0.4, 0.5) is 0 Å². The number of hydrogen-bond acceptors (Lipinski definition) is 5. The summed E-state index contributed by atoms with van der Waals surface area (Å²) in [5.74, 6) is -0.0805.